The summed E-state index contributed by atoms with van der Waals surface area (Å²) in [6, 6.07) is 13.8. The molecule has 0 radical (unpaired) electrons. The molecule has 1 amide bonds. The summed E-state index contributed by atoms with van der Waals surface area (Å²) < 4.78 is 1.72. The van der Waals surface area contributed by atoms with Crippen molar-refractivity contribution in [1.82, 2.24) is 19.7 Å². The predicted octanol–water partition coefficient (Wildman–Crippen LogP) is 4.81. The largest absolute Gasteiger partial charge is 0.325 e. The summed E-state index contributed by atoms with van der Waals surface area (Å²) in [5, 5.41) is 9.69. The average molecular weight is 418 g/mol. The van der Waals surface area contributed by atoms with Crippen molar-refractivity contribution in [2.45, 2.75) is 34.1 Å². The number of nitrogens with zero attached hydrogens (tertiary/aromatic N) is 4. The van der Waals surface area contributed by atoms with Crippen LogP contribution in [0.2, 0.25) is 0 Å². The zero-order valence-corrected chi connectivity index (χ0v) is 18.2. The molecule has 0 fully saturated rings. The number of benzene rings is 1. The average Bonchev–Trinajstić information content (AvgIpc) is 3.32. The van der Waals surface area contributed by atoms with E-state index in [2.05, 4.69) is 26.4 Å². The lowest BCUT2D eigenvalue weighted by Crippen LogP contribution is -2.16. The number of thiophene rings is 1. The Morgan fingerprint density at radius 2 is 1.77 bits per heavy atom. The lowest BCUT2D eigenvalue weighted by molar-refractivity contribution is -0.115. The van der Waals surface area contributed by atoms with Crippen LogP contribution in [0.3, 0.4) is 0 Å². The van der Waals surface area contributed by atoms with Gasteiger partial charge in [0.25, 0.3) is 5.95 Å². The Kier molecular flexibility index (Phi) is 5.46. The topological polar surface area (TPSA) is 72.7 Å². The molecule has 6 nitrogen and oxygen atoms in total. The molecule has 1 aromatic carbocycles. The zero-order chi connectivity index (χ0) is 21.3. The molecule has 0 aliphatic rings. The van der Waals surface area contributed by atoms with E-state index in [9.17, 15) is 4.79 Å². The molecular formula is C23H23N5OS. The Morgan fingerprint density at radius 3 is 2.47 bits per heavy atom. The number of aromatic nitrogens is 4. The smallest absolute Gasteiger partial charge is 0.251 e. The third-order valence-corrected chi connectivity index (χ3v) is 5.83. The van der Waals surface area contributed by atoms with Crippen LogP contribution < -0.4 is 5.32 Å². The van der Waals surface area contributed by atoms with Gasteiger partial charge in [-0.15, -0.1) is 11.3 Å². The van der Waals surface area contributed by atoms with E-state index < -0.39 is 0 Å². The molecule has 4 rings (SSSR count). The first-order valence-electron chi connectivity index (χ1n) is 9.73. The first-order chi connectivity index (χ1) is 14.4. The number of aryl methyl sites for hydroxylation is 3. The molecule has 0 saturated carbocycles. The molecule has 152 valence electrons. The lowest BCUT2D eigenvalue weighted by Gasteiger charge is -2.10. The van der Waals surface area contributed by atoms with Crippen molar-refractivity contribution in [3.05, 3.63) is 76.2 Å². The van der Waals surface area contributed by atoms with Crippen LogP contribution in [0.15, 0.2) is 47.8 Å². The summed E-state index contributed by atoms with van der Waals surface area (Å²) in [6.07, 6.45) is 0.237. The minimum absolute atomic E-state index is 0.0777. The van der Waals surface area contributed by atoms with Gasteiger partial charge < -0.3 is 5.32 Å². The Morgan fingerprint density at radius 1 is 1.03 bits per heavy atom. The second-order valence-electron chi connectivity index (χ2n) is 7.26. The van der Waals surface area contributed by atoms with Crippen molar-refractivity contribution in [3.8, 4) is 16.4 Å². The molecule has 0 saturated heterocycles. The van der Waals surface area contributed by atoms with E-state index in [0.29, 0.717) is 5.95 Å². The summed E-state index contributed by atoms with van der Waals surface area (Å²) >= 11 is 1.65. The van der Waals surface area contributed by atoms with Crippen molar-refractivity contribution in [2.75, 3.05) is 5.32 Å². The van der Waals surface area contributed by atoms with Gasteiger partial charge in [-0.2, -0.15) is 5.10 Å². The monoisotopic (exact) mass is 417 g/mol. The Hall–Kier alpha value is -3.32. The first-order valence-corrected chi connectivity index (χ1v) is 10.6. The number of rotatable bonds is 5. The molecule has 0 unspecified atom stereocenters. The maximum absolute atomic E-state index is 12.9. The Balaban J connectivity index is 1.59. The van der Waals surface area contributed by atoms with Gasteiger partial charge in [0.2, 0.25) is 5.91 Å². The Labute approximate surface area is 179 Å². The van der Waals surface area contributed by atoms with E-state index in [4.69, 9.17) is 0 Å². The number of hydrogen-bond donors (Lipinski definition) is 1. The Bertz CT molecular complexity index is 1190. The number of hydrogen-bond acceptors (Lipinski definition) is 5. The van der Waals surface area contributed by atoms with Crippen molar-refractivity contribution >= 4 is 22.9 Å². The summed E-state index contributed by atoms with van der Waals surface area (Å²) in [5.41, 5.74) is 6.17. The normalized spacial score (nSPS) is 10.9. The van der Waals surface area contributed by atoms with Crippen LogP contribution in [0.5, 0.6) is 0 Å². The van der Waals surface area contributed by atoms with E-state index >= 15 is 0 Å². The van der Waals surface area contributed by atoms with Gasteiger partial charge in [0.15, 0.2) is 0 Å². The van der Waals surface area contributed by atoms with Gasteiger partial charge in [0.05, 0.1) is 12.1 Å². The number of nitrogens with one attached hydrogen (secondary N) is 1. The first kappa shape index (κ1) is 20.0. The molecule has 1 N–H and O–H groups in total. The number of para-hydroxylation sites is 1. The highest BCUT2D eigenvalue weighted by atomic mass is 32.1. The van der Waals surface area contributed by atoms with E-state index in [1.807, 2.05) is 69.5 Å². The van der Waals surface area contributed by atoms with Crippen molar-refractivity contribution in [1.29, 1.82) is 0 Å². The van der Waals surface area contributed by atoms with Crippen molar-refractivity contribution < 1.29 is 4.79 Å². The van der Waals surface area contributed by atoms with Crippen LogP contribution in [-0.4, -0.2) is 25.7 Å². The molecule has 0 spiro atoms. The van der Waals surface area contributed by atoms with Gasteiger partial charge in [-0.1, -0.05) is 24.3 Å². The van der Waals surface area contributed by atoms with Gasteiger partial charge in [-0.05, 0) is 51.3 Å². The predicted molar refractivity (Wildman–Crippen MR) is 120 cm³/mol. The second-order valence-corrected chi connectivity index (χ2v) is 8.21. The van der Waals surface area contributed by atoms with Crippen molar-refractivity contribution in [2.24, 2.45) is 0 Å². The molecule has 0 aliphatic carbocycles. The van der Waals surface area contributed by atoms with E-state index in [0.717, 1.165) is 44.5 Å². The number of amides is 1. The van der Waals surface area contributed by atoms with Crippen LogP contribution in [0, 0.1) is 27.7 Å². The molecule has 0 bridgehead atoms. The highest BCUT2D eigenvalue weighted by molar-refractivity contribution is 7.13. The summed E-state index contributed by atoms with van der Waals surface area (Å²) in [7, 11) is 0. The molecule has 0 aliphatic heterocycles. The van der Waals surface area contributed by atoms with Gasteiger partial charge >= 0.3 is 0 Å². The highest BCUT2D eigenvalue weighted by Crippen LogP contribution is 2.31. The zero-order valence-electron chi connectivity index (χ0n) is 17.4. The minimum Gasteiger partial charge on any atom is -0.325 e. The van der Waals surface area contributed by atoms with Gasteiger partial charge in [0, 0.05) is 38.8 Å². The van der Waals surface area contributed by atoms with Crippen molar-refractivity contribution in [3.63, 3.8) is 0 Å². The molecular weight excluding hydrogens is 394 g/mol. The quantitative estimate of drug-likeness (QED) is 0.506. The highest BCUT2D eigenvalue weighted by Gasteiger charge is 2.18. The summed E-state index contributed by atoms with van der Waals surface area (Å²) in [4.78, 5) is 23.0. The minimum atomic E-state index is -0.0777. The SMILES string of the molecule is Cc1cc(C)nc(-n2nc(C)c(CC(=O)Nc3ccccc3-c3cccs3)c2C)n1. The van der Waals surface area contributed by atoms with E-state index in [1.165, 1.54) is 0 Å². The maximum atomic E-state index is 12.9. The fourth-order valence-corrected chi connectivity index (χ4v) is 4.29. The van der Waals surface area contributed by atoms with Crippen LogP contribution in [0.1, 0.15) is 28.3 Å². The van der Waals surface area contributed by atoms with E-state index in [1.54, 1.807) is 16.0 Å². The number of anilines is 1. The second kappa shape index (κ2) is 8.20. The standard InChI is InChI=1S/C23H23N5OS/c1-14-12-15(2)25-23(24-14)28-17(4)19(16(3)27-28)13-22(29)26-20-9-6-5-8-18(20)21-10-7-11-30-21/h5-12H,13H2,1-4H3,(H,26,29). The van der Waals surface area contributed by atoms with Gasteiger partial charge in [-0.25, -0.2) is 14.6 Å². The lowest BCUT2D eigenvalue weighted by atomic mass is 10.1. The van der Waals surface area contributed by atoms with Crippen LogP contribution in [-0.2, 0) is 11.2 Å². The third kappa shape index (κ3) is 4.02. The van der Waals surface area contributed by atoms with Crippen LogP contribution in [0.4, 0.5) is 5.69 Å². The van der Waals surface area contributed by atoms with Crippen LogP contribution in [0.25, 0.3) is 16.4 Å². The third-order valence-electron chi connectivity index (χ3n) is 4.93. The summed E-state index contributed by atoms with van der Waals surface area (Å²) in [5.74, 6) is 0.453. The fraction of sp³-hybridized carbons (Fsp3) is 0.217. The van der Waals surface area contributed by atoms with E-state index in [-0.39, 0.29) is 12.3 Å². The number of carbonyl (C=O) groups is 1. The van der Waals surface area contributed by atoms with Gasteiger partial charge in [0.1, 0.15) is 0 Å². The molecule has 0 atom stereocenters. The fourth-order valence-electron chi connectivity index (χ4n) is 3.52. The maximum Gasteiger partial charge on any atom is 0.251 e. The molecule has 7 heteroatoms. The molecule has 3 heterocycles. The molecule has 4 aromatic rings. The molecule has 3 aromatic heterocycles. The summed E-state index contributed by atoms with van der Waals surface area (Å²) in [6.45, 7) is 7.73. The van der Waals surface area contributed by atoms with Crippen LogP contribution >= 0.6 is 11.3 Å². The van der Waals surface area contributed by atoms with Gasteiger partial charge in [-0.3, -0.25) is 4.79 Å². The molecule has 30 heavy (non-hydrogen) atoms. The number of carbonyl (C=O) groups excluding carboxylic acids is 1.